The van der Waals surface area contributed by atoms with E-state index in [0.717, 1.165) is 27.8 Å². The lowest BCUT2D eigenvalue weighted by Gasteiger charge is -2.14. The van der Waals surface area contributed by atoms with Crippen molar-refractivity contribution in [2.75, 3.05) is 0 Å². The third kappa shape index (κ3) is 7.82. The molecule has 0 unspecified atom stereocenters. The first-order valence-corrected chi connectivity index (χ1v) is 12.2. The van der Waals surface area contributed by atoms with Gasteiger partial charge in [-0.15, -0.1) is 0 Å². The predicted molar refractivity (Wildman–Crippen MR) is 146 cm³/mol. The Morgan fingerprint density at radius 1 is 0.811 bits per heavy atom. The van der Waals surface area contributed by atoms with Crippen LogP contribution in [0.1, 0.15) is 16.7 Å². The fraction of sp³-hybridized carbons (Fsp3) is 0.0968. The van der Waals surface area contributed by atoms with Crippen molar-refractivity contribution in [1.82, 2.24) is 5.32 Å². The molecule has 0 aliphatic heterocycles. The molecule has 0 saturated heterocycles. The highest BCUT2D eigenvalue weighted by Gasteiger charge is 2.19. The summed E-state index contributed by atoms with van der Waals surface area (Å²) in [5, 5.41) is 12.9. The molecule has 0 aromatic heterocycles. The van der Waals surface area contributed by atoms with Crippen LogP contribution >= 0.6 is 11.6 Å². The molecule has 4 aromatic rings. The number of benzene rings is 4. The number of carboxylic acid groups (broad SMARTS) is 1. The average Bonchev–Trinajstić information content (AvgIpc) is 2.92. The molecule has 0 aliphatic carbocycles. The molecule has 1 amide bonds. The van der Waals surface area contributed by atoms with Crippen molar-refractivity contribution in [1.29, 1.82) is 0 Å². The van der Waals surface area contributed by atoms with E-state index in [9.17, 15) is 14.7 Å². The smallest absolute Gasteiger partial charge is 0.326 e. The number of nitrogens with one attached hydrogen (secondary N) is 1. The standard InChI is InChI=1S/C31H26ClNO4/c32-27-15-13-26(14-16-27)25-11-6-22(7-12-25)10-19-30(34)33-29(31(35)36)20-23-8-17-28(18-9-23)37-21-24-4-2-1-3-5-24/h1-19,29H,20-21H2,(H,33,34)(H,35,36)/b19-10+/t29-/m0/s1. The number of halogens is 1. The second-order valence-corrected chi connectivity index (χ2v) is 8.92. The molecule has 0 aliphatic rings. The van der Waals surface area contributed by atoms with Gasteiger partial charge in [0.2, 0.25) is 5.91 Å². The Bertz CT molecular complexity index is 1350. The second kappa shape index (κ2) is 12.6. The quantitative estimate of drug-likeness (QED) is 0.241. The van der Waals surface area contributed by atoms with E-state index in [2.05, 4.69) is 5.32 Å². The molecule has 2 N–H and O–H groups in total. The van der Waals surface area contributed by atoms with Gasteiger partial charge in [0.15, 0.2) is 0 Å². The van der Waals surface area contributed by atoms with Crippen molar-refractivity contribution in [2.24, 2.45) is 0 Å². The summed E-state index contributed by atoms with van der Waals surface area (Å²) in [6.07, 6.45) is 3.15. The summed E-state index contributed by atoms with van der Waals surface area (Å²) < 4.78 is 5.77. The number of rotatable bonds is 10. The maximum Gasteiger partial charge on any atom is 0.326 e. The summed E-state index contributed by atoms with van der Waals surface area (Å²) >= 11 is 5.94. The molecule has 186 valence electrons. The van der Waals surface area contributed by atoms with Crippen molar-refractivity contribution < 1.29 is 19.4 Å². The van der Waals surface area contributed by atoms with Gasteiger partial charge < -0.3 is 15.2 Å². The first kappa shape index (κ1) is 25.7. The van der Waals surface area contributed by atoms with Gasteiger partial charge >= 0.3 is 5.97 Å². The molecule has 0 saturated carbocycles. The van der Waals surface area contributed by atoms with Gasteiger partial charge in [-0.25, -0.2) is 4.79 Å². The Kier molecular flexibility index (Phi) is 8.74. The second-order valence-electron chi connectivity index (χ2n) is 8.48. The van der Waals surface area contributed by atoms with Gasteiger partial charge in [0, 0.05) is 17.5 Å². The largest absolute Gasteiger partial charge is 0.489 e. The first-order valence-electron chi connectivity index (χ1n) is 11.8. The van der Waals surface area contributed by atoms with E-state index in [4.69, 9.17) is 16.3 Å². The zero-order valence-electron chi connectivity index (χ0n) is 20.0. The van der Waals surface area contributed by atoms with E-state index >= 15 is 0 Å². The fourth-order valence-electron chi connectivity index (χ4n) is 3.72. The summed E-state index contributed by atoms with van der Waals surface area (Å²) in [5.41, 5.74) is 4.73. The number of carbonyl (C=O) groups excluding carboxylic acids is 1. The summed E-state index contributed by atoms with van der Waals surface area (Å²) in [6.45, 7) is 0.449. The molecule has 0 radical (unpaired) electrons. The van der Waals surface area contributed by atoms with E-state index in [0.29, 0.717) is 17.4 Å². The Hall–Kier alpha value is -4.35. The van der Waals surface area contributed by atoms with Gasteiger partial charge in [0.1, 0.15) is 18.4 Å². The molecule has 6 heteroatoms. The number of hydrogen-bond acceptors (Lipinski definition) is 3. The van der Waals surface area contributed by atoms with E-state index in [-0.39, 0.29) is 6.42 Å². The molecular formula is C31H26ClNO4. The van der Waals surface area contributed by atoms with E-state index < -0.39 is 17.9 Å². The molecular weight excluding hydrogens is 486 g/mol. The third-order valence-electron chi connectivity index (χ3n) is 5.74. The lowest BCUT2D eigenvalue weighted by Crippen LogP contribution is -2.41. The molecule has 4 rings (SSSR count). The summed E-state index contributed by atoms with van der Waals surface area (Å²) in [4.78, 5) is 24.2. The van der Waals surface area contributed by atoms with Gasteiger partial charge in [0.05, 0.1) is 0 Å². The lowest BCUT2D eigenvalue weighted by atomic mass is 10.0. The number of hydrogen-bond donors (Lipinski definition) is 2. The Morgan fingerprint density at radius 2 is 1.43 bits per heavy atom. The highest BCUT2D eigenvalue weighted by atomic mass is 35.5. The average molecular weight is 512 g/mol. The minimum Gasteiger partial charge on any atom is -0.489 e. The maximum absolute atomic E-state index is 12.4. The van der Waals surface area contributed by atoms with Gasteiger partial charge in [0.25, 0.3) is 0 Å². The van der Waals surface area contributed by atoms with Crippen LogP contribution in [-0.4, -0.2) is 23.0 Å². The van der Waals surface area contributed by atoms with Gasteiger partial charge in [-0.1, -0.05) is 90.5 Å². The monoisotopic (exact) mass is 511 g/mol. The van der Waals surface area contributed by atoms with Crippen LogP contribution < -0.4 is 10.1 Å². The van der Waals surface area contributed by atoms with Gasteiger partial charge in [-0.05, 0) is 58.2 Å². The molecule has 4 aromatic carbocycles. The number of amides is 1. The third-order valence-corrected chi connectivity index (χ3v) is 5.99. The lowest BCUT2D eigenvalue weighted by molar-refractivity contribution is -0.141. The van der Waals surface area contributed by atoms with Crippen LogP contribution in [0.3, 0.4) is 0 Å². The number of carbonyl (C=O) groups is 2. The Morgan fingerprint density at radius 3 is 2.05 bits per heavy atom. The molecule has 0 spiro atoms. The summed E-state index contributed by atoms with van der Waals surface area (Å²) in [6, 6.07) is 31.2. The summed E-state index contributed by atoms with van der Waals surface area (Å²) in [7, 11) is 0. The Balaban J connectivity index is 1.30. The predicted octanol–water partition coefficient (Wildman–Crippen LogP) is 6.41. The minimum absolute atomic E-state index is 0.156. The van der Waals surface area contributed by atoms with Crippen LogP contribution in [0.2, 0.25) is 5.02 Å². The molecule has 0 heterocycles. The van der Waals surface area contributed by atoms with Crippen LogP contribution in [0.25, 0.3) is 17.2 Å². The molecule has 0 bridgehead atoms. The van der Waals surface area contributed by atoms with Crippen LogP contribution in [0, 0.1) is 0 Å². The molecule has 37 heavy (non-hydrogen) atoms. The summed E-state index contributed by atoms with van der Waals surface area (Å²) in [5.74, 6) is -0.885. The Labute approximate surface area is 221 Å². The van der Waals surface area contributed by atoms with E-state index in [1.807, 2.05) is 78.9 Å². The normalized spacial score (nSPS) is 11.7. The van der Waals surface area contributed by atoms with E-state index in [1.54, 1.807) is 30.3 Å². The van der Waals surface area contributed by atoms with Gasteiger partial charge in [-0.2, -0.15) is 0 Å². The van der Waals surface area contributed by atoms with Gasteiger partial charge in [-0.3, -0.25) is 4.79 Å². The highest BCUT2D eigenvalue weighted by Crippen LogP contribution is 2.22. The zero-order valence-corrected chi connectivity index (χ0v) is 20.8. The van der Waals surface area contributed by atoms with Crippen molar-refractivity contribution >= 4 is 29.6 Å². The fourth-order valence-corrected chi connectivity index (χ4v) is 3.85. The topological polar surface area (TPSA) is 75.6 Å². The van der Waals surface area contributed by atoms with Crippen LogP contribution in [0.4, 0.5) is 0 Å². The maximum atomic E-state index is 12.4. The number of ether oxygens (including phenoxy) is 1. The van der Waals surface area contributed by atoms with E-state index in [1.165, 1.54) is 6.08 Å². The number of aliphatic carboxylic acids is 1. The van der Waals surface area contributed by atoms with Crippen molar-refractivity contribution in [3.8, 4) is 16.9 Å². The van der Waals surface area contributed by atoms with Crippen molar-refractivity contribution in [3.05, 3.63) is 131 Å². The molecule has 0 fully saturated rings. The van der Waals surface area contributed by atoms with Crippen LogP contribution in [0.5, 0.6) is 5.75 Å². The highest BCUT2D eigenvalue weighted by molar-refractivity contribution is 6.30. The van der Waals surface area contributed by atoms with Crippen LogP contribution in [0.15, 0.2) is 109 Å². The van der Waals surface area contributed by atoms with Crippen LogP contribution in [-0.2, 0) is 22.6 Å². The van der Waals surface area contributed by atoms with Crippen molar-refractivity contribution in [2.45, 2.75) is 19.1 Å². The minimum atomic E-state index is -1.10. The SMILES string of the molecule is O=C(/C=C/c1ccc(-c2ccc(Cl)cc2)cc1)N[C@@H](Cc1ccc(OCc2ccccc2)cc1)C(=O)O. The molecule has 5 nitrogen and oxygen atoms in total. The van der Waals surface area contributed by atoms with Crippen molar-refractivity contribution in [3.63, 3.8) is 0 Å². The first-order chi connectivity index (χ1) is 18.0. The molecule has 1 atom stereocenters. The number of carboxylic acids is 1. The zero-order chi connectivity index (χ0) is 26.0.